The molecule has 0 radical (unpaired) electrons. The van der Waals surface area contributed by atoms with Gasteiger partial charge in [0.25, 0.3) is 0 Å². The molecule has 0 spiro atoms. The summed E-state index contributed by atoms with van der Waals surface area (Å²) in [6.45, 7) is 0.235. The maximum absolute atomic E-state index is 13.5. The lowest BCUT2D eigenvalue weighted by molar-refractivity contribution is -0.140. The van der Waals surface area contributed by atoms with Gasteiger partial charge in [-0.25, -0.2) is 8.78 Å². The van der Waals surface area contributed by atoms with Crippen LogP contribution in [0.2, 0.25) is 0 Å². The van der Waals surface area contributed by atoms with Crippen molar-refractivity contribution >= 4 is 23.4 Å². The van der Waals surface area contributed by atoms with Crippen LogP contribution in [0.5, 0.6) is 0 Å². The molecule has 9 heteroatoms. The highest BCUT2D eigenvalue weighted by molar-refractivity contribution is 6.29. The number of carbonyl (C=O) groups excluding carboxylic acids is 3. The average Bonchev–Trinajstić information content (AvgIpc) is 2.53. The van der Waals surface area contributed by atoms with Crippen molar-refractivity contribution in [1.29, 1.82) is 5.26 Å². The largest absolute Gasteiger partial charge is 0.480 e. The zero-order valence-electron chi connectivity index (χ0n) is 12.2. The number of Topliss-reactive ketones (excluding diaryl/α,β-unsaturated/α-hetero) is 2. The fourth-order valence-electron chi connectivity index (χ4n) is 2.48. The maximum atomic E-state index is 13.5. The van der Waals surface area contributed by atoms with E-state index in [1.165, 1.54) is 0 Å². The van der Waals surface area contributed by atoms with Crippen LogP contribution in [-0.4, -0.2) is 35.1 Å². The summed E-state index contributed by atoms with van der Waals surface area (Å²) in [5.74, 6) is -9.60. The Hall–Kier alpha value is -3.15. The second-order valence-corrected chi connectivity index (χ2v) is 5.32. The predicted molar refractivity (Wildman–Crippen MR) is 72.8 cm³/mol. The van der Waals surface area contributed by atoms with E-state index in [4.69, 9.17) is 5.11 Å². The summed E-state index contributed by atoms with van der Waals surface area (Å²) in [7, 11) is 0. The fraction of sp³-hybridized carbons (Fsp3) is 0.267. The van der Waals surface area contributed by atoms with E-state index >= 15 is 0 Å². The summed E-state index contributed by atoms with van der Waals surface area (Å²) in [4.78, 5) is 47.3. The van der Waals surface area contributed by atoms with E-state index in [0.717, 1.165) is 6.92 Å². The third-order valence-electron chi connectivity index (χ3n) is 3.78. The lowest BCUT2D eigenvalue weighted by Gasteiger charge is -2.32. The molecule has 7 nitrogen and oxygen atoms in total. The molecular weight excluding hydrogens is 326 g/mol. The maximum Gasteiger partial charge on any atom is 0.322 e. The molecule has 0 fully saturated rings. The first-order valence-corrected chi connectivity index (χ1v) is 6.62. The Morgan fingerprint density at radius 1 is 1.33 bits per heavy atom. The Morgan fingerprint density at radius 3 is 2.46 bits per heavy atom. The minimum Gasteiger partial charge on any atom is -0.480 e. The van der Waals surface area contributed by atoms with Crippen LogP contribution in [0.15, 0.2) is 12.1 Å². The third kappa shape index (κ3) is 2.52. The predicted octanol–water partition coefficient (Wildman–Crippen LogP) is 0.328. The number of halogens is 2. The van der Waals surface area contributed by atoms with Crippen molar-refractivity contribution in [2.45, 2.75) is 12.3 Å². The van der Waals surface area contributed by atoms with E-state index in [0.29, 0.717) is 12.1 Å². The smallest absolute Gasteiger partial charge is 0.322 e. The van der Waals surface area contributed by atoms with Crippen molar-refractivity contribution in [2.24, 2.45) is 5.92 Å². The number of nitriles is 1. The summed E-state index contributed by atoms with van der Waals surface area (Å²) in [5.41, 5.74) is -2.85. The number of nitrogens with one attached hydrogen (secondary N) is 1. The van der Waals surface area contributed by atoms with Crippen molar-refractivity contribution in [3.63, 3.8) is 0 Å². The average molecular weight is 336 g/mol. The van der Waals surface area contributed by atoms with Gasteiger partial charge in [-0.1, -0.05) is 0 Å². The van der Waals surface area contributed by atoms with Gasteiger partial charge in [-0.05, 0) is 24.6 Å². The molecule has 0 aromatic heterocycles. The van der Waals surface area contributed by atoms with Crippen LogP contribution in [0.4, 0.5) is 8.78 Å². The molecule has 1 aromatic rings. The minimum absolute atomic E-state index is 0.332. The van der Waals surface area contributed by atoms with E-state index in [-0.39, 0.29) is 5.56 Å². The van der Waals surface area contributed by atoms with Gasteiger partial charge in [0.1, 0.15) is 12.0 Å². The quantitative estimate of drug-likeness (QED) is 0.767. The Kier molecular flexibility index (Phi) is 4.16. The van der Waals surface area contributed by atoms with Crippen LogP contribution in [0.3, 0.4) is 0 Å². The monoisotopic (exact) mass is 336 g/mol. The van der Waals surface area contributed by atoms with Crippen LogP contribution in [0.25, 0.3) is 0 Å². The highest BCUT2D eigenvalue weighted by Crippen LogP contribution is 2.38. The molecule has 1 aliphatic carbocycles. The molecule has 2 N–H and O–H groups in total. The number of hydrogen-bond donors (Lipinski definition) is 2. The number of carboxylic acid groups (broad SMARTS) is 1. The molecule has 24 heavy (non-hydrogen) atoms. The fourth-order valence-corrected chi connectivity index (χ4v) is 2.48. The van der Waals surface area contributed by atoms with Gasteiger partial charge in [0, 0.05) is 5.56 Å². The van der Waals surface area contributed by atoms with Gasteiger partial charge in [-0.2, -0.15) is 5.26 Å². The molecule has 0 saturated carbocycles. The summed E-state index contributed by atoms with van der Waals surface area (Å²) in [6.07, 6.45) is 0. The standard InChI is InChI=1S/C15H10F2N2O5/c1-15(5-18)7-3-9(17)8(16)2-6(7)12(22)11(13(15)23)14(24)19-4-10(20)21/h2-3,11H,4H2,1H3,(H,19,24)(H,20,21)/t11?,15-/m1/s1. The summed E-state index contributed by atoms with van der Waals surface area (Å²) in [5, 5.41) is 19.7. The molecule has 0 saturated heterocycles. The van der Waals surface area contributed by atoms with E-state index in [1.807, 2.05) is 5.32 Å². The number of ketones is 2. The Labute approximate surface area is 133 Å². The van der Waals surface area contributed by atoms with Crippen LogP contribution >= 0.6 is 0 Å². The van der Waals surface area contributed by atoms with Crippen molar-refractivity contribution in [1.82, 2.24) is 5.32 Å². The van der Waals surface area contributed by atoms with Gasteiger partial charge in [-0.15, -0.1) is 0 Å². The summed E-state index contributed by atoms with van der Waals surface area (Å²) >= 11 is 0. The van der Waals surface area contributed by atoms with E-state index in [9.17, 15) is 33.2 Å². The molecule has 124 valence electrons. The molecule has 1 aromatic carbocycles. The highest BCUT2D eigenvalue weighted by Gasteiger charge is 2.52. The van der Waals surface area contributed by atoms with Gasteiger partial charge >= 0.3 is 5.97 Å². The van der Waals surface area contributed by atoms with Crippen LogP contribution in [-0.2, 0) is 19.8 Å². The van der Waals surface area contributed by atoms with E-state index in [1.54, 1.807) is 6.07 Å². The van der Waals surface area contributed by atoms with Crippen molar-refractivity contribution in [2.75, 3.05) is 6.54 Å². The molecule has 1 aliphatic rings. The lowest BCUT2D eigenvalue weighted by Crippen LogP contribution is -2.52. The molecule has 2 rings (SSSR count). The van der Waals surface area contributed by atoms with E-state index in [2.05, 4.69) is 0 Å². The van der Waals surface area contributed by atoms with Gasteiger partial charge in [-0.3, -0.25) is 19.2 Å². The molecule has 0 heterocycles. The topological polar surface area (TPSA) is 124 Å². The van der Waals surface area contributed by atoms with Gasteiger partial charge in [0.15, 0.2) is 29.1 Å². The normalized spacial score (nSPS) is 22.5. The molecular formula is C15H10F2N2O5. The number of nitrogens with zero attached hydrogens (tertiary/aromatic N) is 1. The number of fused-ring (bicyclic) bond motifs is 1. The number of benzene rings is 1. The lowest BCUT2D eigenvalue weighted by atomic mass is 9.66. The molecule has 1 unspecified atom stereocenters. The highest BCUT2D eigenvalue weighted by atomic mass is 19.2. The van der Waals surface area contributed by atoms with E-state index < -0.39 is 58.5 Å². The summed E-state index contributed by atoms with van der Waals surface area (Å²) < 4.78 is 26.9. The first kappa shape index (κ1) is 17.2. The minimum atomic E-state index is -2.05. The second-order valence-electron chi connectivity index (χ2n) is 5.32. The third-order valence-corrected chi connectivity index (χ3v) is 3.78. The Bertz CT molecular complexity index is 830. The molecule has 2 atom stereocenters. The first-order chi connectivity index (χ1) is 11.1. The molecule has 1 amide bonds. The number of carbonyl (C=O) groups is 4. The zero-order chi connectivity index (χ0) is 18.2. The van der Waals surface area contributed by atoms with Crippen LogP contribution in [0, 0.1) is 28.9 Å². The number of rotatable bonds is 3. The zero-order valence-corrected chi connectivity index (χ0v) is 12.2. The van der Waals surface area contributed by atoms with Gasteiger partial charge in [0.2, 0.25) is 5.91 Å². The van der Waals surface area contributed by atoms with Crippen LogP contribution < -0.4 is 5.32 Å². The van der Waals surface area contributed by atoms with Crippen molar-refractivity contribution < 1.29 is 33.1 Å². The number of hydrogen-bond acceptors (Lipinski definition) is 5. The van der Waals surface area contributed by atoms with Crippen molar-refractivity contribution in [3.8, 4) is 6.07 Å². The van der Waals surface area contributed by atoms with Crippen LogP contribution in [0.1, 0.15) is 22.8 Å². The second kappa shape index (κ2) is 5.81. The Balaban J connectivity index is 2.59. The molecule has 0 aliphatic heterocycles. The number of aliphatic carboxylic acids is 1. The first-order valence-electron chi connectivity index (χ1n) is 6.62. The van der Waals surface area contributed by atoms with Crippen molar-refractivity contribution in [3.05, 3.63) is 34.9 Å². The Morgan fingerprint density at radius 2 is 1.92 bits per heavy atom. The molecule has 0 bridgehead atoms. The number of carboxylic acids is 1. The summed E-state index contributed by atoms with van der Waals surface area (Å²) in [6, 6.07) is 2.71. The van der Waals surface area contributed by atoms with Gasteiger partial charge < -0.3 is 10.4 Å². The van der Waals surface area contributed by atoms with Gasteiger partial charge in [0.05, 0.1) is 6.07 Å². The number of amides is 1. The SMILES string of the molecule is C[C@]1(C#N)C(=O)C(C(=O)NCC(=O)O)C(=O)c2cc(F)c(F)cc21.